The Morgan fingerprint density at radius 3 is 2.77 bits per heavy atom. The predicted octanol–water partition coefficient (Wildman–Crippen LogP) is 4.37. The summed E-state index contributed by atoms with van der Waals surface area (Å²) < 4.78 is 20.1. The van der Waals surface area contributed by atoms with Crippen LogP contribution in [-0.2, 0) is 4.79 Å². The molecule has 1 heterocycles. The van der Waals surface area contributed by atoms with Gasteiger partial charge in [-0.3, -0.25) is 9.69 Å². The molecule has 2 aromatic carbocycles. The zero-order valence-corrected chi connectivity index (χ0v) is 15.2. The smallest absolute Gasteiger partial charge is 0.307 e. The zero-order chi connectivity index (χ0) is 18.7. The molecule has 4 nitrogen and oxygen atoms in total. The molecule has 1 N–H and O–H groups in total. The van der Waals surface area contributed by atoms with Crippen LogP contribution in [0, 0.1) is 11.7 Å². The number of likely N-dealkylation sites (tertiary alicyclic amines) is 1. The van der Waals surface area contributed by atoms with E-state index in [0.717, 1.165) is 12.0 Å². The van der Waals surface area contributed by atoms with Gasteiger partial charge in [-0.2, -0.15) is 0 Å². The third-order valence-electron chi connectivity index (χ3n) is 4.85. The molecule has 0 spiro atoms. The van der Waals surface area contributed by atoms with Gasteiger partial charge < -0.3 is 9.84 Å². The van der Waals surface area contributed by atoms with Gasteiger partial charge in [0.15, 0.2) is 0 Å². The molecule has 6 heteroatoms. The normalized spacial score (nSPS) is 19.1. The summed E-state index contributed by atoms with van der Waals surface area (Å²) in [5.74, 6) is -1.03. The maximum atomic E-state index is 14.7. The van der Waals surface area contributed by atoms with E-state index in [9.17, 15) is 14.3 Å². The summed E-state index contributed by atoms with van der Waals surface area (Å²) in [6.45, 7) is 1.03. The van der Waals surface area contributed by atoms with Crippen LogP contribution >= 0.6 is 11.6 Å². The first-order valence-corrected chi connectivity index (χ1v) is 8.93. The van der Waals surface area contributed by atoms with Crippen LogP contribution in [0.4, 0.5) is 4.39 Å². The van der Waals surface area contributed by atoms with Gasteiger partial charge in [0.2, 0.25) is 0 Å². The lowest BCUT2D eigenvalue weighted by Crippen LogP contribution is -2.41. The summed E-state index contributed by atoms with van der Waals surface area (Å²) in [7, 11) is 1.56. The molecule has 2 aromatic rings. The Morgan fingerprint density at radius 1 is 1.31 bits per heavy atom. The van der Waals surface area contributed by atoms with Gasteiger partial charge in [-0.1, -0.05) is 29.8 Å². The first kappa shape index (κ1) is 18.7. The third kappa shape index (κ3) is 3.84. The molecule has 1 fully saturated rings. The highest BCUT2D eigenvalue weighted by molar-refractivity contribution is 6.30. The lowest BCUT2D eigenvalue weighted by Gasteiger charge is -2.38. The van der Waals surface area contributed by atoms with E-state index in [4.69, 9.17) is 16.3 Å². The van der Waals surface area contributed by atoms with Crippen molar-refractivity contribution in [3.63, 3.8) is 0 Å². The van der Waals surface area contributed by atoms with E-state index in [0.29, 0.717) is 35.8 Å². The Hall–Kier alpha value is -2.11. The molecule has 1 saturated heterocycles. The Labute approximate surface area is 157 Å². The quantitative estimate of drug-likeness (QED) is 0.840. The number of ether oxygens (including phenoxy) is 1. The van der Waals surface area contributed by atoms with E-state index in [1.165, 1.54) is 6.07 Å². The van der Waals surface area contributed by atoms with Crippen molar-refractivity contribution >= 4 is 17.6 Å². The Morgan fingerprint density at radius 2 is 2.08 bits per heavy atom. The number of methoxy groups -OCH3 is 1. The number of carbonyl (C=O) groups is 1. The van der Waals surface area contributed by atoms with Crippen molar-refractivity contribution in [1.29, 1.82) is 0 Å². The highest BCUT2D eigenvalue weighted by atomic mass is 35.5. The van der Waals surface area contributed by atoms with E-state index in [1.807, 2.05) is 4.90 Å². The molecule has 0 bridgehead atoms. The first-order valence-electron chi connectivity index (χ1n) is 8.56. The Kier molecular flexibility index (Phi) is 5.79. The molecule has 1 aliphatic heterocycles. The Balaban J connectivity index is 2.10. The molecular formula is C20H21ClFNO3. The third-order valence-corrected chi connectivity index (χ3v) is 5.09. The van der Waals surface area contributed by atoms with Crippen LogP contribution in [0.3, 0.4) is 0 Å². The molecule has 0 amide bonds. The maximum Gasteiger partial charge on any atom is 0.307 e. The lowest BCUT2D eigenvalue weighted by atomic mass is 9.90. The highest BCUT2D eigenvalue weighted by Gasteiger charge is 2.33. The number of nitrogens with zero attached hydrogens (tertiary/aromatic N) is 1. The summed E-state index contributed by atoms with van der Waals surface area (Å²) in [6, 6.07) is 11.3. The summed E-state index contributed by atoms with van der Waals surface area (Å²) in [4.78, 5) is 13.5. The average molecular weight is 378 g/mol. The minimum atomic E-state index is -0.819. The van der Waals surface area contributed by atoms with Gasteiger partial charge in [0.25, 0.3) is 0 Å². The molecule has 0 aromatic heterocycles. The summed E-state index contributed by atoms with van der Waals surface area (Å²) in [6.07, 6.45) is 1.37. The van der Waals surface area contributed by atoms with Crippen LogP contribution < -0.4 is 4.74 Å². The van der Waals surface area contributed by atoms with Crippen molar-refractivity contribution in [3.8, 4) is 5.75 Å². The maximum absolute atomic E-state index is 14.7. The van der Waals surface area contributed by atoms with E-state index in [-0.39, 0.29) is 5.82 Å². The highest BCUT2D eigenvalue weighted by Crippen LogP contribution is 2.39. The molecule has 1 aliphatic rings. The molecular weight excluding hydrogens is 357 g/mol. The van der Waals surface area contributed by atoms with Crippen molar-refractivity contribution in [2.24, 2.45) is 5.92 Å². The standard InChI is InChI=1S/C20H21ClFNO3/c1-26-18-9-8-14(21)11-16(18)19(15-6-2-3-7-17(15)22)23-10-4-5-13(12-23)20(24)25/h2-3,6-9,11,13,19H,4-5,10,12H2,1H3,(H,24,25). The predicted molar refractivity (Wildman–Crippen MR) is 98.2 cm³/mol. The number of piperidine rings is 1. The fraction of sp³-hybridized carbons (Fsp3) is 0.350. The minimum Gasteiger partial charge on any atom is -0.496 e. The van der Waals surface area contributed by atoms with Crippen LogP contribution in [0.15, 0.2) is 42.5 Å². The van der Waals surface area contributed by atoms with Crippen molar-refractivity contribution < 1.29 is 19.0 Å². The lowest BCUT2D eigenvalue weighted by molar-refractivity contribution is -0.143. The van der Waals surface area contributed by atoms with E-state index < -0.39 is 17.9 Å². The number of aliphatic carboxylic acids is 1. The topological polar surface area (TPSA) is 49.8 Å². The largest absolute Gasteiger partial charge is 0.496 e. The van der Waals surface area contributed by atoms with Crippen LogP contribution in [-0.4, -0.2) is 36.2 Å². The second-order valence-electron chi connectivity index (χ2n) is 6.48. The van der Waals surface area contributed by atoms with E-state index >= 15 is 0 Å². The van der Waals surface area contributed by atoms with Gasteiger partial charge >= 0.3 is 5.97 Å². The van der Waals surface area contributed by atoms with Crippen molar-refractivity contribution in [2.45, 2.75) is 18.9 Å². The van der Waals surface area contributed by atoms with Gasteiger partial charge in [-0.25, -0.2) is 4.39 Å². The SMILES string of the molecule is COc1ccc(Cl)cc1C(c1ccccc1F)N1CCCC(C(=O)O)C1. The van der Waals surface area contributed by atoms with Crippen LogP contribution in [0.1, 0.15) is 30.0 Å². The van der Waals surface area contributed by atoms with Gasteiger partial charge in [0.05, 0.1) is 19.1 Å². The second kappa shape index (κ2) is 8.06. The Bertz CT molecular complexity index is 798. The summed E-state index contributed by atoms with van der Waals surface area (Å²) in [5.41, 5.74) is 1.22. The van der Waals surface area contributed by atoms with Crippen molar-refractivity contribution in [1.82, 2.24) is 4.90 Å². The van der Waals surface area contributed by atoms with Crippen LogP contribution in [0.5, 0.6) is 5.75 Å². The fourth-order valence-corrected chi connectivity index (χ4v) is 3.80. The monoisotopic (exact) mass is 377 g/mol. The van der Waals surface area contributed by atoms with E-state index in [2.05, 4.69) is 0 Å². The summed E-state index contributed by atoms with van der Waals surface area (Å²) in [5, 5.41) is 9.95. The minimum absolute atomic E-state index is 0.336. The van der Waals surface area contributed by atoms with Crippen molar-refractivity contribution in [3.05, 3.63) is 64.4 Å². The van der Waals surface area contributed by atoms with E-state index in [1.54, 1.807) is 43.5 Å². The number of carboxylic acids is 1. The van der Waals surface area contributed by atoms with Gasteiger partial charge in [0.1, 0.15) is 11.6 Å². The molecule has 0 saturated carbocycles. The zero-order valence-electron chi connectivity index (χ0n) is 14.5. The van der Waals surface area contributed by atoms with Crippen LogP contribution in [0.25, 0.3) is 0 Å². The second-order valence-corrected chi connectivity index (χ2v) is 6.92. The molecule has 0 radical (unpaired) electrons. The van der Waals surface area contributed by atoms with Gasteiger partial charge in [-0.15, -0.1) is 0 Å². The molecule has 0 aliphatic carbocycles. The number of carboxylic acid groups (broad SMARTS) is 1. The number of halogens is 2. The van der Waals surface area contributed by atoms with Gasteiger partial charge in [-0.05, 0) is 43.7 Å². The summed E-state index contributed by atoms with van der Waals surface area (Å²) >= 11 is 6.20. The molecule has 2 unspecified atom stereocenters. The molecule has 2 atom stereocenters. The number of benzene rings is 2. The van der Waals surface area contributed by atoms with Crippen molar-refractivity contribution in [2.75, 3.05) is 20.2 Å². The molecule has 26 heavy (non-hydrogen) atoms. The first-order chi connectivity index (χ1) is 12.5. The number of hydrogen-bond acceptors (Lipinski definition) is 3. The molecule has 3 rings (SSSR count). The molecule has 138 valence electrons. The fourth-order valence-electron chi connectivity index (χ4n) is 3.62. The van der Waals surface area contributed by atoms with Crippen LogP contribution in [0.2, 0.25) is 5.02 Å². The average Bonchev–Trinajstić information content (AvgIpc) is 2.64. The number of rotatable bonds is 5. The van der Waals surface area contributed by atoms with Gasteiger partial charge in [0, 0.05) is 22.7 Å². The number of hydrogen-bond donors (Lipinski definition) is 1.